The maximum atomic E-state index is 6.03. The van der Waals surface area contributed by atoms with Crippen molar-refractivity contribution in [2.45, 2.75) is 51.6 Å². The molecule has 2 fully saturated rings. The second-order valence-corrected chi connectivity index (χ2v) is 7.01. The maximum absolute atomic E-state index is 6.03. The predicted molar refractivity (Wildman–Crippen MR) is 79.3 cm³/mol. The molecule has 0 radical (unpaired) electrons. The zero-order valence-electron chi connectivity index (χ0n) is 12.3. The molecule has 2 saturated heterocycles. The SMILES string of the molecule is C[C@@H]1CC(C)(C)OB(c2csc(C3OCCCO3)c2)O1. The number of hydrogen-bond acceptors (Lipinski definition) is 5. The Hall–Kier alpha value is -0.395. The van der Waals surface area contributed by atoms with E-state index in [1.54, 1.807) is 11.3 Å². The summed E-state index contributed by atoms with van der Waals surface area (Å²) < 4.78 is 23.2. The van der Waals surface area contributed by atoms with Gasteiger partial charge in [0.1, 0.15) is 0 Å². The van der Waals surface area contributed by atoms with Crippen LogP contribution in [0.15, 0.2) is 11.4 Å². The molecule has 1 aromatic heterocycles. The minimum absolute atomic E-state index is 0.151. The molecule has 0 amide bonds. The second kappa shape index (κ2) is 5.77. The van der Waals surface area contributed by atoms with Gasteiger partial charge in [-0.05, 0) is 50.5 Å². The first-order valence-corrected chi connectivity index (χ1v) is 8.06. The summed E-state index contributed by atoms with van der Waals surface area (Å²) in [6.07, 6.45) is 1.86. The first-order chi connectivity index (χ1) is 9.53. The van der Waals surface area contributed by atoms with Crippen LogP contribution in [-0.2, 0) is 18.8 Å². The van der Waals surface area contributed by atoms with Gasteiger partial charge in [-0.1, -0.05) is 0 Å². The number of ether oxygens (including phenoxy) is 2. The highest BCUT2D eigenvalue weighted by Gasteiger charge is 2.39. The molecule has 6 heteroatoms. The second-order valence-electron chi connectivity index (χ2n) is 6.07. The van der Waals surface area contributed by atoms with Crippen LogP contribution in [0.2, 0.25) is 0 Å². The van der Waals surface area contributed by atoms with Gasteiger partial charge in [-0.25, -0.2) is 0 Å². The fourth-order valence-electron chi connectivity index (χ4n) is 2.73. The Morgan fingerprint density at radius 2 is 2.05 bits per heavy atom. The van der Waals surface area contributed by atoms with Crippen LogP contribution in [0.5, 0.6) is 0 Å². The lowest BCUT2D eigenvalue weighted by atomic mass is 9.76. The van der Waals surface area contributed by atoms with Gasteiger partial charge in [-0.2, -0.15) is 0 Å². The molecule has 0 bridgehead atoms. The van der Waals surface area contributed by atoms with Crippen LogP contribution in [0.1, 0.15) is 44.8 Å². The largest absolute Gasteiger partial charge is 0.495 e. The quantitative estimate of drug-likeness (QED) is 0.786. The molecule has 0 aliphatic carbocycles. The summed E-state index contributed by atoms with van der Waals surface area (Å²) in [6, 6.07) is 2.08. The smallest absolute Gasteiger partial charge is 0.405 e. The molecule has 0 spiro atoms. The third kappa shape index (κ3) is 3.26. The van der Waals surface area contributed by atoms with Crippen molar-refractivity contribution < 1.29 is 18.8 Å². The minimum atomic E-state index is -0.289. The summed E-state index contributed by atoms with van der Waals surface area (Å²) in [6.45, 7) is 7.84. The van der Waals surface area contributed by atoms with E-state index in [1.165, 1.54) is 0 Å². The molecule has 20 heavy (non-hydrogen) atoms. The molecule has 0 aromatic carbocycles. The van der Waals surface area contributed by atoms with E-state index >= 15 is 0 Å². The van der Waals surface area contributed by atoms with Gasteiger partial charge >= 0.3 is 7.12 Å². The van der Waals surface area contributed by atoms with Gasteiger partial charge in [0.2, 0.25) is 0 Å². The van der Waals surface area contributed by atoms with E-state index in [-0.39, 0.29) is 25.1 Å². The highest BCUT2D eigenvalue weighted by molar-refractivity contribution is 7.11. The minimum Gasteiger partial charge on any atom is -0.405 e. The molecular weight excluding hydrogens is 275 g/mol. The number of thiophene rings is 1. The van der Waals surface area contributed by atoms with Crippen molar-refractivity contribution in [1.29, 1.82) is 0 Å². The normalized spacial score (nSPS) is 27.8. The molecule has 1 aromatic rings. The molecule has 0 N–H and O–H groups in total. The van der Waals surface area contributed by atoms with Gasteiger partial charge in [-0.3, -0.25) is 0 Å². The van der Waals surface area contributed by atoms with Crippen LogP contribution in [0.25, 0.3) is 0 Å². The van der Waals surface area contributed by atoms with Crippen molar-refractivity contribution in [3.05, 3.63) is 16.3 Å². The lowest BCUT2D eigenvalue weighted by Crippen LogP contribution is -2.51. The Labute approximate surface area is 124 Å². The zero-order chi connectivity index (χ0) is 14.2. The van der Waals surface area contributed by atoms with Gasteiger partial charge in [0.05, 0.1) is 23.7 Å². The van der Waals surface area contributed by atoms with Crippen molar-refractivity contribution in [2.75, 3.05) is 13.2 Å². The fraction of sp³-hybridized carbons (Fsp3) is 0.714. The Morgan fingerprint density at radius 3 is 2.75 bits per heavy atom. The zero-order valence-corrected chi connectivity index (χ0v) is 13.1. The Bertz CT molecular complexity index is 456. The summed E-state index contributed by atoms with van der Waals surface area (Å²) in [4.78, 5) is 1.09. The molecular formula is C14H21BO4S. The highest BCUT2D eigenvalue weighted by Crippen LogP contribution is 2.29. The molecule has 110 valence electrons. The Kier molecular flexibility index (Phi) is 4.20. The maximum Gasteiger partial charge on any atom is 0.495 e. The average molecular weight is 296 g/mol. The molecule has 0 unspecified atom stereocenters. The number of hydrogen-bond donors (Lipinski definition) is 0. The molecule has 0 saturated carbocycles. The molecule has 3 rings (SSSR count). The summed E-state index contributed by atoms with van der Waals surface area (Å²) in [5.74, 6) is 0. The molecule has 2 aliphatic heterocycles. The van der Waals surface area contributed by atoms with Crippen molar-refractivity contribution in [3.8, 4) is 0 Å². The van der Waals surface area contributed by atoms with Crippen molar-refractivity contribution >= 4 is 23.9 Å². The van der Waals surface area contributed by atoms with Gasteiger partial charge in [0, 0.05) is 6.10 Å². The Morgan fingerprint density at radius 1 is 1.30 bits per heavy atom. The monoisotopic (exact) mass is 296 g/mol. The highest BCUT2D eigenvalue weighted by atomic mass is 32.1. The lowest BCUT2D eigenvalue weighted by molar-refractivity contribution is -0.181. The number of rotatable bonds is 2. The van der Waals surface area contributed by atoms with Crippen molar-refractivity contribution in [1.82, 2.24) is 0 Å². The van der Waals surface area contributed by atoms with Crippen molar-refractivity contribution in [2.24, 2.45) is 0 Å². The summed E-state index contributed by atoms with van der Waals surface area (Å²) in [5.41, 5.74) is 0.907. The fourth-order valence-corrected chi connectivity index (χ4v) is 3.63. The summed E-state index contributed by atoms with van der Waals surface area (Å²) >= 11 is 1.64. The van der Waals surface area contributed by atoms with E-state index in [9.17, 15) is 0 Å². The Balaban J connectivity index is 1.72. The van der Waals surface area contributed by atoms with Crippen LogP contribution in [0.3, 0.4) is 0 Å². The summed E-state index contributed by atoms with van der Waals surface area (Å²) in [5, 5.41) is 2.08. The van der Waals surface area contributed by atoms with Crippen LogP contribution in [0.4, 0.5) is 0 Å². The van der Waals surface area contributed by atoms with E-state index < -0.39 is 0 Å². The molecule has 2 aliphatic rings. The van der Waals surface area contributed by atoms with E-state index in [0.717, 1.165) is 36.4 Å². The molecule has 4 nitrogen and oxygen atoms in total. The van der Waals surface area contributed by atoms with Crippen LogP contribution >= 0.6 is 11.3 Å². The van der Waals surface area contributed by atoms with Gasteiger partial charge in [0.15, 0.2) is 6.29 Å². The van der Waals surface area contributed by atoms with Crippen LogP contribution in [-0.4, -0.2) is 32.0 Å². The third-order valence-electron chi connectivity index (χ3n) is 3.53. The van der Waals surface area contributed by atoms with E-state index in [1.807, 2.05) is 0 Å². The molecule has 1 atom stereocenters. The molecule has 3 heterocycles. The third-order valence-corrected chi connectivity index (χ3v) is 4.51. The topological polar surface area (TPSA) is 36.9 Å². The van der Waals surface area contributed by atoms with Crippen LogP contribution < -0.4 is 5.46 Å². The van der Waals surface area contributed by atoms with Crippen LogP contribution in [0, 0.1) is 0 Å². The first kappa shape index (κ1) is 14.5. The van der Waals surface area contributed by atoms with E-state index in [2.05, 4.69) is 32.2 Å². The first-order valence-electron chi connectivity index (χ1n) is 7.18. The lowest BCUT2D eigenvalue weighted by Gasteiger charge is -2.38. The van der Waals surface area contributed by atoms with Gasteiger partial charge in [0.25, 0.3) is 0 Å². The van der Waals surface area contributed by atoms with E-state index in [4.69, 9.17) is 18.8 Å². The predicted octanol–water partition coefficient (Wildman–Crippen LogP) is 2.48. The van der Waals surface area contributed by atoms with Gasteiger partial charge < -0.3 is 18.8 Å². The summed E-state index contributed by atoms with van der Waals surface area (Å²) in [7, 11) is -0.289. The van der Waals surface area contributed by atoms with Crippen molar-refractivity contribution in [3.63, 3.8) is 0 Å². The van der Waals surface area contributed by atoms with E-state index in [0.29, 0.717) is 0 Å². The van der Waals surface area contributed by atoms with Gasteiger partial charge in [-0.15, -0.1) is 11.3 Å². The average Bonchev–Trinajstić information content (AvgIpc) is 2.87. The standard InChI is InChI=1S/C14H21BO4S/c1-10-8-14(2,3)19-15(18-10)11-7-12(20-9-11)13-16-5-4-6-17-13/h7,9-10,13H,4-6,8H2,1-3H3/t10-/m1/s1.